The lowest BCUT2D eigenvalue weighted by Gasteiger charge is -2.36. The van der Waals surface area contributed by atoms with Crippen molar-refractivity contribution in [3.63, 3.8) is 0 Å². The van der Waals surface area contributed by atoms with Crippen molar-refractivity contribution in [1.29, 1.82) is 0 Å². The Morgan fingerprint density at radius 1 is 0.523 bits per heavy atom. The fraction of sp³-hybridized carbons (Fsp3) is 0.500. The van der Waals surface area contributed by atoms with Crippen molar-refractivity contribution in [2.45, 2.75) is 45.7 Å². The molecule has 0 aromatic heterocycles. The second-order valence-corrected chi connectivity index (χ2v) is 10.0. The summed E-state index contributed by atoms with van der Waals surface area (Å²) in [4.78, 5) is -0.110. The molecule has 0 saturated carbocycles. The van der Waals surface area contributed by atoms with Crippen LogP contribution >= 0.6 is 0 Å². The van der Waals surface area contributed by atoms with Crippen molar-refractivity contribution in [2.24, 2.45) is 0 Å². The number of ether oxygens (including phenoxy) is 6. The minimum Gasteiger partial charge on any atom is -0.606 e. The van der Waals surface area contributed by atoms with E-state index in [2.05, 4.69) is 18.9 Å². The van der Waals surface area contributed by atoms with Crippen molar-refractivity contribution >= 4 is 11.2 Å². The summed E-state index contributed by atoms with van der Waals surface area (Å²) in [6.45, 7) is -6.82. The van der Waals surface area contributed by atoms with Gasteiger partial charge in [0, 0.05) is 25.4 Å². The minimum atomic E-state index is -5.96. The Morgan fingerprint density at radius 2 is 0.795 bits per heavy atom. The molecule has 0 N–H and O–H groups in total. The average molecular weight is 682 g/mol. The van der Waals surface area contributed by atoms with Gasteiger partial charge in [0.25, 0.3) is 11.2 Å². The van der Waals surface area contributed by atoms with E-state index >= 15 is 0 Å². The second kappa shape index (κ2) is 14.2. The van der Waals surface area contributed by atoms with Gasteiger partial charge in [-0.1, -0.05) is 0 Å². The van der Waals surface area contributed by atoms with E-state index in [1.165, 1.54) is 0 Å². The molecule has 2 aromatic rings. The molecule has 44 heavy (non-hydrogen) atoms. The number of methoxy groups -OCH3 is 2. The second-order valence-electron chi connectivity index (χ2n) is 8.54. The highest BCUT2D eigenvalue weighted by Gasteiger charge is 2.74. The fourth-order valence-corrected chi connectivity index (χ4v) is 4.24. The van der Waals surface area contributed by atoms with Gasteiger partial charge in [-0.2, -0.15) is 52.7 Å². The quantitative estimate of drug-likeness (QED) is 0.127. The third-order valence-electron chi connectivity index (χ3n) is 5.64. The first-order valence-electron chi connectivity index (χ1n) is 11.6. The van der Waals surface area contributed by atoms with Gasteiger partial charge in [-0.05, 0) is 48.5 Å². The summed E-state index contributed by atoms with van der Waals surface area (Å²) in [5, 5.41) is 0. The van der Waals surface area contributed by atoms with Gasteiger partial charge in [0.2, 0.25) is 0 Å². The van der Waals surface area contributed by atoms with Crippen LogP contribution in [0.25, 0.3) is 0 Å². The van der Waals surface area contributed by atoms with E-state index in [4.69, 9.17) is 9.47 Å². The molecule has 2 aromatic carbocycles. The van der Waals surface area contributed by atoms with Crippen molar-refractivity contribution in [1.82, 2.24) is 0 Å². The lowest BCUT2D eigenvalue weighted by atomic mass is 10.0. The van der Waals surface area contributed by atoms with Crippen LogP contribution in [0, 0.1) is 0 Å². The zero-order chi connectivity index (χ0) is 33.6. The predicted molar refractivity (Wildman–Crippen MR) is 124 cm³/mol. The fourth-order valence-electron chi connectivity index (χ4n) is 3.20. The Balaban J connectivity index is 2.17. The molecule has 0 radical (unpaired) electrons. The molecule has 0 heterocycles. The largest absolute Gasteiger partial charge is 0.606 e. The summed E-state index contributed by atoms with van der Waals surface area (Å²) in [5.41, 5.74) is -9.48. The highest BCUT2D eigenvalue weighted by Crippen LogP contribution is 2.47. The topological polar surface area (TPSA) is 78.4 Å². The maximum absolute atomic E-state index is 13.4. The van der Waals surface area contributed by atoms with Gasteiger partial charge < -0.3 is 33.0 Å². The van der Waals surface area contributed by atoms with Gasteiger partial charge in [0.1, 0.15) is 38.3 Å². The smallest absolute Gasteiger partial charge is 0.430 e. The van der Waals surface area contributed by atoms with Crippen LogP contribution in [0.5, 0.6) is 11.5 Å². The van der Waals surface area contributed by atoms with Crippen LogP contribution < -0.4 is 9.47 Å². The third-order valence-corrected chi connectivity index (χ3v) is 7.04. The monoisotopic (exact) mass is 682 g/mol. The third kappa shape index (κ3) is 8.33. The number of rotatable bonds is 14. The van der Waals surface area contributed by atoms with Crippen LogP contribution in [0.2, 0.25) is 0 Å². The highest BCUT2D eigenvalue weighted by atomic mass is 32.2. The maximum atomic E-state index is 13.4. The van der Waals surface area contributed by atoms with E-state index in [0.717, 1.165) is 62.8 Å². The van der Waals surface area contributed by atoms with E-state index in [-0.39, 0.29) is 9.79 Å². The number of alkyl halides is 12. The number of benzene rings is 2. The van der Waals surface area contributed by atoms with Gasteiger partial charge in [-0.3, -0.25) is 0 Å². The van der Waals surface area contributed by atoms with Crippen molar-refractivity contribution in [2.75, 3.05) is 41.0 Å². The minimum absolute atomic E-state index is 0.0549. The van der Waals surface area contributed by atoms with Gasteiger partial charge in [0.15, 0.2) is 9.79 Å². The average Bonchev–Trinajstić information content (AvgIpc) is 2.90. The molecule has 7 nitrogen and oxygen atoms in total. The first-order valence-corrected chi connectivity index (χ1v) is 12.7. The van der Waals surface area contributed by atoms with Gasteiger partial charge in [-0.25, -0.2) is 0 Å². The Hall–Kier alpha value is -2.65. The van der Waals surface area contributed by atoms with E-state index in [1.807, 2.05) is 0 Å². The standard InChI is InChI=1S/C24H22F12O7S/c1-38-13-42-19(21(25,26)27,22(28,29)30)11-40-15-3-7-17(8-4-15)44(37)18-9-5-16(6-10-18)41-12-20(23(31,32)33,24(34,35)36)43-14-39-2/h3-10H,11-14H2,1-2H3. The molecule has 0 amide bonds. The van der Waals surface area contributed by atoms with E-state index in [1.54, 1.807) is 0 Å². The zero-order valence-electron chi connectivity index (χ0n) is 22.2. The zero-order valence-corrected chi connectivity index (χ0v) is 23.1. The number of hydrogen-bond acceptors (Lipinski definition) is 7. The van der Waals surface area contributed by atoms with Crippen LogP contribution in [0.15, 0.2) is 58.3 Å². The van der Waals surface area contributed by atoms with Crippen molar-refractivity contribution in [3.05, 3.63) is 48.5 Å². The number of hydrogen-bond donors (Lipinski definition) is 0. The molecule has 0 aliphatic carbocycles. The molecule has 0 bridgehead atoms. The summed E-state index contributed by atoms with van der Waals surface area (Å²) in [6, 6.07) is 7.76. The molecule has 20 heteroatoms. The predicted octanol–water partition coefficient (Wildman–Crippen LogP) is 6.58. The van der Waals surface area contributed by atoms with Gasteiger partial charge in [-0.15, -0.1) is 0 Å². The molecule has 0 atom stereocenters. The summed E-state index contributed by atoms with van der Waals surface area (Å²) in [6.07, 6.45) is -23.8. The van der Waals surface area contributed by atoms with Crippen LogP contribution in [0.4, 0.5) is 52.7 Å². The maximum Gasteiger partial charge on any atom is 0.430 e. The Bertz CT molecular complexity index is 1050. The Kier molecular flexibility index (Phi) is 12.1. The molecule has 0 aliphatic heterocycles. The lowest BCUT2D eigenvalue weighted by Crippen LogP contribution is -2.62. The molecule has 2 rings (SSSR count). The van der Waals surface area contributed by atoms with Crippen LogP contribution in [0.3, 0.4) is 0 Å². The molecule has 0 unspecified atom stereocenters. The molecule has 0 saturated heterocycles. The SMILES string of the molecule is COCOC(COc1ccc([S+]([O-])c2ccc(OCC(OCOC)(C(F)(F)F)C(F)(F)F)cc2)cc1)(C(F)(F)F)C(F)(F)F. The van der Waals surface area contributed by atoms with Crippen LogP contribution in [-0.2, 0) is 30.1 Å². The summed E-state index contributed by atoms with van der Waals surface area (Å²) in [5.74, 6) is -0.996. The first-order chi connectivity index (χ1) is 20.2. The van der Waals surface area contributed by atoms with Crippen molar-refractivity contribution < 1.29 is 85.7 Å². The first kappa shape index (κ1) is 37.5. The molecular formula is C24H22F12O7S. The molecule has 0 spiro atoms. The van der Waals surface area contributed by atoms with Crippen LogP contribution in [-0.4, -0.2) is 81.5 Å². The van der Waals surface area contributed by atoms with Crippen LogP contribution in [0.1, 0.15) is 0 Å². The van der Waals surface area contributed by atoms with E-state index < -0.39 is 85.4 Å². The Labute approximate surface area is 244 Å². The number of halogens is 12. The molecular weight excluding hydrogens is 660 g/mol. The summed E-state index contributed by atoms with van der Waals surface area (Å²) in [7, 11) is 1.62. The van der Waals surface area contributed by atoms with E-state index in [9.17, 15) is 57.2 Å². The normalized spacial score (nSPS) is 13.8. The molecule has 250 valence electrons. The highest BCUT2D eigenvalue weighted by molar-refractivity contribution is 7.91. The molecule has 0 fully saturated rings. The lowest BCUT2D eigenvalue weighted by molar-refractivity contribution is -0.397. The molecule has 0 aliphatic rings. The Morgan fingerprint density at radius 3 is 1.02 bits per heavy atom. The van der Waals surface area contributed by atoms with Gasteiger partial charge >= 0.3 is 24.7 Å². The van der Waals surface area contributed by atoms with Gasteiger partial charge in [0.05, 0.1) is 0 Å². The summed E-state index contributed by atoms with van der Waals surface area (Å²) < 4.78 is 199. The summed E-state index contributed by atoms with van der Waals surface area (Å²) >= 11 is -2.08. The van der Waals surface area contributed by atoms with Crippen molar-refractivity contribution in [3.8, 4) is 11.5 Å². The van der Waals surface area contributed by atoms with E-state index in [0.29, 0.717) is 0 Å².